The van der Waals surface area contributed by atoms with Crippen LogP contribution in [-0.4, -0.2) is 80.2 Å². The molecular weight excluding hydrogens is 513 g/mol. The molecule has 0 spiro atoms. The van der Waals surface area contributed by atoms with Gasteiger partial charge in [0, 0.05) is 43.1 Å². The minimum absolute atomic E-state index is 0.0245. The van der Waals surface area contributed by atoms with Gasteiger partial charge in [-0.1, -0.05) is 17.3 Å². The minimum Gasteiger partial charge on any atom is -0.394 e. The number of aliphatic hydroxyl groups is 1. The number of benzene rings is 2. The third kappa shape index (κ3) is 4.12. The summed E-state index contributed by atoms with van der Waals surface area (Å²) in [6, 6.07) is 14.0. The van der Waals surface area contributed by atoms with E-state index in [0.29, 0.717) is 54.7 Å². The highest BCUT2D eigenvalue weighted by Gasteiger charge is 2.42. The van der Waals surface area contributed by atoms with Crippen molar-refractivity contribution in [3.63, 3.8) is 0 Å². The molecule has 7 rings (SSSR count). The van der Waals surface area contributed by atoms with Gasteiger partial charge in [0.2, 0.25) is 0 Å². The number of amidine groups is 1. The Morgan fingerprint density at radius 2 is 2.00 bits per heavy atom. The second-order valence-electron chi connectivity index (χ2n) is 10.4. The fraction of sp³-hybridized carbons (Fsp3) is 0.321. The number of pyridine rings is 1. The van der Waals surface area contributed by atoms with Crippen LogP contribution in [0.15, 0.2) is 65.5 Å². The number of rotatable bonds is 6. The summed E-state index contributed by atoms with van der Waals surface area (Å²) in [5.74, 6) is -0.406. The van der Waals surface area contributed by atoms with E-state index in [2.05, 4.69) is 31.0 Å². The number of para-hydroxylation sites is 1. The zero-order chi connectivity index (χ0) is 27.3. The van der Waals surface area contributed by atoms with Crippen molar-refractivity contribution in [2.45, 2.75) is 30.5 Å². The summed E-state index contributed by atoms with van der Waals surface area (Å²) in [6.07, 6.45) is 4.51. The molecule has 2 atom stereocenters. The molecule has 1 fully saturated rings. The Morgan fingerprint density at radius 3 is 2.85 bits per heavy atom. The highest BCUT2D eigenvalue weighted by molar-refractivity contribution is 6.18. The van der Waals surface area contributed by atoms with Gasteiger partial charge in [-0.2, -0.15) is 5.10 Å². The molecule has 204 valence electrons. The maximum absolute atomic E-state index is 13.9. The van der Waals surface area contributed by atoms with Crippen LogP contribution in [0.4, 0.5) is 4.39 Å². The average Bonchev–Trinajstić information content (AvgIpc) is 3.61. The number of nitrogens with zero attached hydrogens (tertiary/aromatic N) is 6. The lowest BCUT2D eigenvalue weighted by molar-refractivity contribution is 0.0130. The average molecular weight is 542 g/mol. The summed E-state index contributed by atoms with van der Waals surface area (Å²) < 4.78 is 21.1. The molecule has 3 aliphatic heterocycles. The number of aromatic nitrogens is 4. The molecule has 2 aromatic carbocycles. The number of nitrogens with one attached hydrogen (secondary N) is 3. The molecule has 0 aliphatic carbocycles. The van der Waals surface area contributed by atoms with E-state index in [1.807, 2.05) is 30.3 Å². The fourth-order valence-corrected chi connectivity index (χ4v) is 5.69. The van der Waals surface area contributed by atoms with E-state index < -0.39 is 11.7 Å². The molecule has 0 amide bonds. The lowest BCUT2D eigenvalue weighted by atomic mass is 9.90. The summed E-state index contributed by atoms with van der Waals surface area (Å²) in [7, 11) is 0. The Labute approximate surface area is 228 Å². The van der Waals surface area contributed by atoms with Gasteiger partial charge in [-0.05, 0) is 54.8 Å². The Kier molecular flexibility index (Phi) is 6.02. The predicted octanol–water partition coefficient (Wildman–Crippen LogP) is 2.41. The Hall–Kier alpha value is -4.26. The lowest BCUT2D eigenvalue weighted by Gasteiger charge is -2.40. The van der Waals surface area contributed by atoms with E-state index in [9.17, 15) is 14.9 Å². The van der Waals surface area contributed by atoms with Gasteiger partial charge in [0.05, 0.1) is 29.3 Å². The molecule has 0 saturated carbocycles. The van der Waals surface area contributed by atoms with Crippen molar-refractivity contribution < 1.29 is 14.2 Å². The van der Waals surface area contributed by atoms with E-state index in [-0.39, 0.29) is 24.2 Å². The fourth-order valence-electron chi connectivity index (χ4n) is 5.69. The lowest BCUT2D eigenvalue weighted by Crippen LogP contribution is -2.57. The van der Waals surface area contributed by atoms with E-state index in [0.717, 1.165) is 16.8 Å². The first-order chi connectivity index (χ1) is 19.5. The molecule has 0 radical (unpaired) electrons. The number of hydrazone groups is 1. The van der Waals surface area contributed by atoms with Gasteiger partial charge in [0.15, 0.2) is 5.84 Å². The van der Waals surface area contributed by atoms with E-state index in [1.54, 1.807) is 28.2 Å². The normalized spacial score (nSPS) is 22.2. The maximum atomic E-state index is 13.9. The van der Waals surface area contributed by atoms with Gasteiger partial charge in [-0.15, -0.1) is 5.10 Å². The van der Waals surface area contributed by atoms with Crippen LogP contribution >= 0.6 is 0 Å². The van der Waals surface area contributed by atoms with Crippen LogP contribution < -0.4 is 10.6 Å². The number of ether oxygens (including phenoxy) is 1. The summed E-state index contributed by atoms with van der Waals surface area (Å²) in [5.41, 5.74) is 3.81. The van der Waals surface area contributed by atoms with E-state index in [4.69, 9.17) is 4.74 Å². The first-order valence-electron chi connectivity index (χ1n) is 13.3. The van der Waals surface area contributed by atoms with Crippen LogP contribution in [0.1, 0.15) is 24.3 Å². The molecule has 2 aromatic heterocycles. The molecule has 2 unspecified atom stereocenters. The third-order valence-corrected chi connectivity index (χ3v) is 8.02. The van der Waals surface area contributed by atoms with Crippen LogP contribution in [-0.2, 0) is 4.74 Å². The smallest absolute Gasteiger partial charge is 0.171 e. The van der Waals surface area contributed by atoms with E-state index in [1.165, 1.54) is 12.1 Å². The largest absolute Gasteiger partial charge is 0.394 e. The van der Waals surface area contributed by atoms with Crippen molar-refractivity contribution in [2.24, 2.45) is 5.10 Å². The summed E-state index contributed by atoms with van der Waals surface area (Å²) >= 11 is 0. The van der Waals surface area contributed by atoms with Crippen LogP contribution in [0.25, 0.3) is 27.6 Å². The van der Waals surface area contributed by atoms with Crippen molar-refractivity contribution in [3.05, 3.63) is 71.8 Å². The SMILES string of the molecule is N=C1C(n2nnc3ccccc32)=C(CNC2(CO)CCOCC2)NC2C(c3cnc4ccc(F)cc4c3)C=NN12. The molecule has 4 N–H and O–H groups in total. The number of halogens is 1. The van der Waals surface area contributed by atoms with E-state index >= 15 is 0 Å². The molecule has 40 heavy (non-hydrogen) atoms. The van der Waals surface area contributed by atoms with Gasteiger partial charge in [-0.25, -0.2) is 14.1 Å². The summed E-state index contributed by atoms with van der Waals surface area (Å²) in [5, 5.41) is 42.3. The second-order valence-corrected chi connectivity index (χ2v) is 10.4. The molecule has 1 saturated heterocycles. The summed E-state index contributed by atoms with van der Waals surface area (Å²) in [6.45, 7) is 1.46. The molecule has 11 nitrogen and oxygen atoms in total. The Morgan fingerprint density at radius 1 is 1.15 bits per heavy atom. The number of hydrogen-bond donors (Lipinski definition) is 4. The monoisotopic (exact) mass is 541 g/mol. The quantitative estimate of drug-likeness (QED) is 0.292. The topological polar surface area (TPSA) is 137 Å². The molecule has 3 aliphatic rings. The Bertz CT molecular complexity index is 1680. The predicted molar refractivity (Wildman–Crippen MR) is 148 cm³/mol. The van der Waals surface area contributed by atoms with Gasteiger partial charge in [0.25, 0.3) is 0 Å². The zero-order valence-electron chi connectivity index (χ0n) is 21.6. The number of hydrogen-bond acceptors (Lipinski definition) is 9. The molecule has 12 heteroatoms. The highest BCUT2D eigenvalue weighted by Crippen LogP contribution is 2.34. The first-order valence-corrected chi connectivity index (χ1v) is 13.3. The van der Waals surface area contributed by atoms with Crippen LogP contribution in [0.5, 0.6) is 0 Å². The molecule has 4 aromatic rings. The first kappa shape index (κ1) is 24.8. The van der Waals surface area contributed by atoms with Gasteiger partial charge in [0.1, 0.15) is 23.2 Å². The van der Waals surface area contributed by atoms with Gasteiger partial charge in [-0.3, -0.25) is 10.4 Å². The van der Waals surface area contributed by atoms with Crippen molar-refractivity contribution in [1.29, 1.82) is 5.41 Å². The van der Waals surface area contributed by atoms with Crippen molar-refractivity contribution in [2.75, 3.05) is 26.4 Å². The number of aliphatic hydroxyl groups excluding tert-OH is 1. The van der Waals surface area contributed by atoms with Crippen LogP contribution in [0, 0.1) is 11.2 Å². The molecule has 0 bridgehead atoms. The van der Waals surface area contributed by atoms with Crippen molar-refractivity contribution >= 4 is 39.7 Å². The second kappa shape index (κ2) is 9.73. The minimum atomic E-state index is -0.486. The van der Waals surface area contributed by atoms with Crippen LogP contribution in [0.3, 0.4) is 0 Å². The van der Waals surface area contributed by atoms with Crippen molar-refractivity contribution in [3.8, 4) is 0 Å². The maximum Gasteiger partial charge on any atom is 0.171 e. The third-order valence-electron chi connectivity index (χ3n) is 8.02. The standard InChI is InChI=1S/C28H28FN9O2/c29-19-5-6-21-17(12-19)11-18(13-31-21)20-14-33-38-26(30)25(37-24-4-2-1-3-22(24)35-36-37)23(34-27(20)38)15-32-28(16-39)7-9-40-10-8-28/h1-6,11-14,20,27,30,32,34,39H,7-10,15-16H2. The molecule has 5 heterocycles. The zero-order valence-corrected chi connectivity index (χ0v) is 21.6. The van der Waals surface area contributed by atoms with Crippen LogP contribution in [0.2, 0.25) is 0 Å². The van der Waals surface area contributed by atoms with Gasteiger partial charge >= 0.3 is 0 Å². The highest BCUT2D eigenvalue weighted by atomic mass is 19.1. The van der Waals surface area contributed by atoms with Gasteiger partial charge < -0.3 is 20.5 Å². The molecular formula is C28H28FN9O2. The van der Waals surface area contributed by atoms with Crippen molar-refractivity contribution in [1.82, 2.24) is 35.6 Å². The number of fused-ring (bicyclic) bond motifs is 3. The Balaban J connectivity index is 1.28. The summed E-state index contributed by atoms with van der Waals surface area (Å²) in [4.78, 5) is 4.54.